The van der Waals surface area contributed by atoms with Crippen LogP contribution in [0.3, 0.4) is 0 Å². The third-order valence-electron chi connectivity index (χ3n) is 0.744. The number of hydrogen-bond donors (Lipinski definition) is 0. The van der Waals surface area contributed by atoms with Gasteiger partial charge >= 0.3 is 88.7 Å². The summed E-state index contributed by atoms with van der Waals surface area (Å²) in [7, 11) is 0. The molecule has 0 spiro atoms. The average Bonchev–Trinajstić information content (AvgIpc) is 2.44. The molecule has 13 heavy (non-hydrogen) atoms. The van der Waals surface area contributed by atoms with E-state index in [4.69, 9.17) is 0 Å². The molecular weight excluding hydrogens is 676 g/mol. The van der Waals surface area contributed by atoms with Crippen LogP contribution >= 0.6 is 0 Å². The summed E-state index contributed by atoms with van der Waals surface area (Å²) in [4.78, 5) is 0. The molecule has 0 amide bonds. The van der Waals surface area contributed by atoms with Crippen LogP contribution in [-0.2, 0) is 26.2 Å². The minimum atomic E-state index is 0. The number of rotatable bonds is 1. The van der Waals surface area contributed by atoms with Gasteiger partial charge < -0.3 is 24.8 Å². The van der Waals surface area contributed by atoms with Crippen LogP contribution in [0.25, 0.3) is 0 Å². The van der Waals surface area contributed by atoms with Crippen LogP contribution in [0.5, 0.6) is 0 Å². The van der Waals surface area contributed by atoms with Crippen molar-refractivity contribution in [1.29, 1.82) is 0 Å². The van der Waals surface area contributed by atoms with Gasteiger partial charge in [-0.3, -0.25) is 6.08 Å². The SMILES string of the molecule is [Bi]=[C-]C=[CH][BiH].[C-]1=CC=CC1.[Cl-].[Cl-].[Zr+4]. The van der Waals surface area contributed by atoms with E-state index in [0.29, 0.717) is 0 Å². The molecule has 1 rings (SSSR count). The molecule has 0 aromatic rings. The molecular formula is C8H8Bi2Cl2Zr. The summed E-state index contributed by atoms with van der Waals surface area (Å²) in [5.41, 5.74) is 0. The summed E-state index contributed by atoms with van der Waals surface area (Å²) >= 11 is 2.42. The minimum absolute atomic E-state index is 0. The largest absolute Gasteiger partial charge is 4.00 e. The van der Waals surface area contributed by atoms with Gasteiger partial charge in [-0.2, -0.15) is 6.08 Å². The Bertz CT molecular complexity index is 155. The molecule has 0 nitrogen and oxygen atoms in total. The zero-order chi connectivity index (χ0) is 7.66. The van der Waals surface area contributed by atoms with E-state index in [2.05, 4.69) is 19.6 Å². The molecule has 0 unspecified atom stereocenters. The Morgan fingerprint density at radius 1 is 1.46 bits per heavy atom. The molecule has 5 heteroatoms. The predicted octanol–water partition coefficient (Wildman–Crippen LogP) is -5.44. The molecule has 2 radical (unpaired) electrons. The van der Waals surface area contributed by atoms with Crippen molar-refractivity contribution in [1.82, 2.24) is 0 Å². The van der Waals surface area contributed by atoms with Crippen molar-refractivity contribution in [3.05, 3.63) is 34.2 Å². The van der Waals surface area contributed by atoms with Crippen LogP contribution in [0.4, 0.5) is 0 Å². The van der Waals surface area contributed by atoms with Crippen molar-refractivity contribution in [2.45, 2.75) is 6.42 Å². The van der Waals surface area contributed by atoms with Crippen molar-refractivity contribution >= 4 is 52.7 Å². The van der Waals surface area contributed by atoms with E-state index in [-0.39, 0.29) is 51.0 Å². The van der Waals surface area contributed by atoms with Gasteiger partial charge in [0, 0.05) is 0 Å². The quantitative estimate of drug-likeness (QED) is 0.192. The molecule has 0 saturated heterocycles. The van der Waals surface area contributed by atoms with Crippen molar-refractivity contribution in [3.63, 3.8) is 0 Å². The summed E-state index contributed by atoms with van der Waals surface area (Å²) in [6.07, 6.45) is 12.0. The molecule has 0 aliphatic heterocycles. The average molecular weight is 684 g/mol. The van der Waals surface area contributed by atoms with Gasteiger partial charge in [-0.25, -0.2) is 12.2 Å². The summed E-state index contributed by atoms with van der Waals surface area (Å²) in [6.45, 7) is 0. The van der Waals surface area contributed by atoms with Crippen molar-refractivity contribution < 1.29 is 51.0 Å². The fourth-order valence-electron chi connectivity index (χ4n) is 0.377. The number of allylic oxidation sites excluding steroid dienone is 5. The van der Waals surface area contributed by atoms with Gasteiger partial charge in [0.25, 0.3) is 0 Å². The first-order valence-corrected chi connectivity index (χ1v) is 6.83. The van der Waals surface area contributed by atoms with Crippen LogP contribution in [0.15, 0.2) is 28.1 Å². The Labute approximate surface area is 142 Å². The van der Waals surface area contributed by atoms with Gasteiger partial charge in [0.2, 0.25) is 0 Å². The van der Waals surface area contributed by atoms with E-state index in [1.54, 1.807) is 0 Å². The number of halogens is 2. The third kappa shape index (κ3) is 25.0. The molecule has 68 valence electrons. The van der Waals surface area contributed by atoms with Crippen LogP contribution < -0.4 is 24.8 Å². The number of hydrogen-bond acceptors (Lipinski definition) is 0. The maximum atomic E-state index is 2.99. The van der Waals surface area contributed by atoms with Crippen molar-refractivity contribution in [2.24, 2.45) is 0 Å². The Kier molecular flexibility index (Phi) is 45.0. The fourth-order valence-corrected chi connectivity index (χ4v) is 3.21. The summed E-state index contributed by atoms with van der Waals surface area (Å²) in [5.74, 6) is 0. The Hall–Kier alpha value is 2.32. The normalized spacial score (nSPS) is 10.2. The molecule has 0 heterocycles. The molecule has 0 aromatic carbocycles. The topological polar surface area (TPSA) is 0 Å². The van der Waals surface area contributed by atoms with Crippen LogP contribution in [-0.4, -0.2) is 52.7 Å². The second kappa shape index (κ2) is 23.9. The van der Waals surface area contributed by atoms with Crippen molar-refractivity contribution in [2.75, 3.05) is 0 Å². The van der Waals surface area contributed by atoms with Gasteiger partial charge in [-0.1, -0.05) is 0 Å². The Morgan fingerprint density at radius 2 is 2.08 bits per heavy atom. The molecule has 0 fully saturated rings. The van der Waals surface area contributed by atoms with Crippen LogP contribution in [0.1, 0.15) is 6.42 Å². The van der Waals surface area contributed by atoms with Gasteiger partial charge in [0.1, 0.15) is 0 Å². The van der Waals surface area contributed by atoms with E-state index < -0.39 is 0 Å². The Balaban J connectivity index is -0.0000000506. The Morgan fingerprint density at radius 3 is 2.15 bits per heavy atom. The monoisotopic (exact) mass is 682 g/mol. The maximum absolute atomic E-state index is 2.99. The summed E-state index contributed by atoms with van der Waals surface area (Å²) in [5, 5.41) is 0. The molecule has 0 aromatic heterocycles. The van der Waals surface area contributed by atoms with Crippen molar-refractivity contribution in [3.8, 4) is 0 Å². The molecule has 0 N–H and O–H groups in total. The maximum Gasteiger partial charge on any atom is 4.00 e. The molecule has 1 aliphatic carbocycles. The smallest absolute Gasteiger partial charge is 1.00 e. The summed E-state index contributed by atoms with van der Waals surface area (Å²) < 4.78 is 5.09. The fraction of sp³-hybridized carbons (Fsp3) is 0.125. The second-order valence-electron chi connectivity index (χ2n) is 1.47. The predicted molar refractivity (Wildman–Crippen MR) is 48.6 cm³/mol. The first kappa shape index (κ1) is 24.5. The summed E-state index contributed by atoms with van der Waals surface area (Å²) in [6, 6.07) is 0. The van der Waals surface area contributed by atoms with Gasteiger partial charge in [0.15, 0.2) is 0 Å². The first-order valence-electron chi connectivity index (χ1n) is 2.85. The van der Waals surface area contributed by atoms with Gasteiger partial charge in [-0.05, 0) is 0 Å². The van der Waals surface area contributed by atoms with E-state index >= 15 is 0 Å². The molecule has 0 bridgehead atoms. The van der Waals surface area contributed by atoms with E-state index in [1.807, 2.05) is 18.2 Å². The van der Waals surface area contributed by atoms with Gasteiger partial charge in [-0.15, -0.1) is 6.42 Å². The molecule has 1 aliphatic rings. The molecule has 0 saturated carbocycles. The van der Waals surface area contributed by atoms with E-state index in [9.17, 15) is 0 Å². The van der Waals surface area contributed by atoms with Crippen LogP contribution in [0.2, 0.25) is 0 Å². The second-order valence-corrected chi connectivity index (χ2v) is 3.77. The zero-order valence-electron chi connectivity index (χ0n) is 6.80. The van der Waals surface area contributed by atoms with Gasteiger partial charge in [0.05, 0.1) is 0 Å². The van der Waals surface area contributed by atoms with E-state index in [0.717, 1.165) is 6.42 Å². The minimum Gasteiger partial charge on any atom is -1.00 e. The van der Waals surface area contributed by atoms with Crippen LogP contribution in [0, 0.1) is 6.08 Å². The molecule has 0 atom stereocenters. The third-order valence-corrected chi connectivity index (χ3v) is 1.97. The first-order chi connectivity index (χ1) is 4.91. The zero-order valence-corrected chi connectivity index (χ0v) is 18.1. The van der Waals surface area contributed by atoms with E-state index in [1.165, 1.54) is 49.0 Å². The standard InChI is InChI=1S/C5H5.C3H2.2Bi.2ClH.Zr.H/c1-2-4-5-3-1;1-3-2;;;;;;/h1-3H,4H2;1,3H;;;2*1H;;/q2*-1;;;;;+4;/p-2.